The van der Waals surface area contributed by atoms with E-state index in [4.69, 9.17) is 4.74 Å². The van der Waals surface area contributed by atoms with Crippen molar-refractivity contribution < 1.29 is 9.84 Å². The summed E-state index contributed by atoms with van der Waals surface area (Å²) in [4.78, 5) is 0. The zero-order valence-corrected chi connectivity index (χ0v) is 12.7. The van der Waals surface area contributed by atoms with Crippen molar-refractivity contribution in [1.82, 2.24) is 0 Å². The highest BCUT2D eigenvalue weighted by Gasteiger charge is 2.14. The number of benzene rings is 2. The summed E-state index contributed by atoms with van der Waals surface area (Å²) in [7, 11) is 0. The first-order chi connectivity index (χ1) is 10.1. The standard InChI is InChI=1S/C19H22O2/c1-13-3-4-14(2)17(11-13)18(20)7-5-15-6-8-19-16(12-15)9-10-21-19/h3-4,6,8,11-12,18,20H,5,7,9-10H2,1-2H3. The maximum atomic E-state index is 10.5. The average Bonchev–Trinajstić information content (AvgIpc) is 2.94. The number of aliphatic hydroxyl groups is 1. The maximum Gasteiger partial charge on any atom is 0.122 e. The van der Waals surface area contributed by atoms with Gasteiger partial charge >= 0.3 is 0 Å². The molecule has 0 aliphatic carbocycles. The summed E-state index contributed by atoms with van der Waals surface area (Å²) >= 11 is 0. The van der Waals surface area contributed by atoms with Gasteiger partial charge in [-0.25, -0.2) is 0 Å². The van der Waals surface area contributed by atoms with Gasteiger partial charge in [-0.15, -0.1) is 0 Å². The molecule has 1 aliphatic heterocycles. The lowest BCUT2D eigenvalue weighted by atomic mass is 9.95. The molecule has 0 radical (unpaired) electrons. The third kappa shape index (κ3) is 3.11. The molecule has 0 fully saturated rings. The Hall–Kier alpha value is -1.80. The van der Waals surface area contributed by atoms with E-state index in [1.54, 1.807) is 0 Å². The average molecular weight is 282 g/mol. The molecular formula is C19H22O2. The molecule has 0 aromatic heterocycles. The quantitative estimate of drug-likeness (QED) is 0.921. The zero-order chi connectivity index (χ0) is 14.8. The predicted octanol–water partition coefficient (Wildman–Crippen LogP) is 3.90. The highest BCUT2D eigenvalue weighted by atomic mass is 16.5. The molecule has 0 saturated carbocycles. The third-order valence-corrected chi connectivity index (χ3v) is 4.25. The second kappa shape index (κ2) is 5.90. The van der Waals surface area contributed by atoms with Crippen molar-refractivity contribution in [2.45, 2.75) is 39.2 Å². The summed E-state index contributed by atoms with van der Waals surface area (Å²) in [6.45, 7) is 4.92. The Morgan fingerprint density at radius 2 is 2.00 bits per heavy atom. The Kier molecular flexibility index (Phi) is 3.98. The second-order valence-corrected chi connectivity index (χ2v) is 5.96. The van der Waals surface area contributed by atoms with E-state index in [0.717, 1.165) is 42.7 Å². The van der Waals surface area contributed by atoms with E-state index in [2.05, 4.69) is 50.2 Å². The lowest BCUT2D eigenvalue weighted by Gasteiger charge is -2.15. The maximum absolute atomic E-state index is 10.5. The summed E-state index contributed by atoms with van der Waals surface area (Å²) in [5.41, 5.74) is 6.00. The smallest absolute Gasteiger partial charge is 0.122 e. The highest BCUT2D eigenvalue weighted by molar-refractivity contribution is 5.40. The molecule has 1 N–H and O–H groups in total. The molecule has 2 nitrogen and oxygen atoms in total. The lowest BCUT2D eigenvalue weighted by molar-refractivity contribution is 0.167. The van der Waals surface area contributed by atoms with Crippen LogP contribution in [0.4, 0.5) is 0 Å². The number of aliphatic hydroxyl groups excluding tert-OH is 1. The van der Waals surface area contributed by atoms with E-state index in [1.165, 1.54) is 16.7 Å². The van der Waals surface area contributed by atoms with Gasteiger partial charge < -0.3 is 9.84 Å². The largest absolute Gasteiger partial charge is 0.493 e. The summed E-state index contributed by atoms with van der Waals surface area (Å²) in [5.74, 6) is 1.02. The van der Waals surface area contributed by atoms with E-state index < -0.39 is 6.10 Å². The van der Waals surface area contributed by atoms with Gasteiger partial charge in [0.25, 0.3) is 0 Å². The van der Waals surface area contributed by atoms with E-state index in [9.17, 15) is 5.11 Å². The number of fused-ring (bicyclic) bond motifs is 1. The van der Waals surface area contributed by atoms with Crippen LogP contribution in [0.25, 0.3) is 0 Å². The van der Waals surface area contributed by atoms with Crippen molar-refractivity contribution in [3.05, 3.63) is 64.2 Å². The van der Waals surface area contributed by atoms with Gasteiger partial charge in [-0.2, -0.15) is 0 Å². The van der Waals surface area contributed by atoms with Crippen LogP contribution in [-0.4, -0.2) is 11.7 Å². The van der Waals surface area contributed by atoms with Crippen LogP contribution < -0.4 is 4.74 Å². The molecule has 1 heterocycles. The summed E-state index contributed by atoms with van der Waals surface area (Å²) in [6, 6.07) is 12.7. The van der Waals surface area contributed by atoms with Gasteiger partial charge in [0.05, 0.1) is 12.7 Å². The molecule has 3 rings (SSSR count). The van der Waals surface area contributed by atoms with Crippen molar-refractivity contribution in [1.29, 1.82) is 0 Å². The summed E-state index contributed by atoms with van der Waals surface area (Å²) < 4.78 is 5.53. The number of hydrogen-bond donors (Lipinski definition) is 1. The lowest BCUT2D eigenvalue weighted by Crippen LogP contribution is -2.02. The molecule has 1 atom stereocenters. The first-order valence-corrected chi connectivity index (χ1v) is 7.63. The minimum atomic E-state index is -0.394. The SMILES string of the molecule is Cc1ccc(C)c(C(O)CCc2ccc3c(c2)CCO3)c1. The highest BCUT2D eigenvalue weighted by Crippen LogP contribution is 2.28. The number of rotatable bonds is 4. The predicted molar refractivity (Wildman–Crippen MR) is 84.8 cm³/mol. The number of hydrogen-bond acceptors (Lipinski definition) is 2. The zero-order valence-electron chi connectivity index (χ0n) is 12.7. The van der Waals surface area contributed by atoms with E-state index in [-0.39, 0.29) is 0 Å². The molecule has 1 unspecified atom stereocenters. The molecule has 2 aromatic rings. The Balaban J connectivity index is 1.68. The molecule has 2 heteroatoms. The van der Waals surface area contributed by atoms with Crippen LogP contribution in [0.2, 0.25) is 0 Å². The molecule has 0 saturated heterocycles. The van der Waals surface area contributed by atoms with Crippen LogP contribution >= 0.6 is 0 Å². The first kappa shape index (κ1) is 14.2. The normalized spacial score (nSPS) is 14.6. The van der Waals surface area contributed by atoms with Crippen LogP contribution in [0.5, 0.6) is 5.75 Å². The van der Waals surface area contributed by atoms with Crippen LogP contribution in [0.1, 0.15) is 40.3 Å². The van der Waals surface area contributed by atoms with Crippen molar-refractivity contribution in [2.24, 2.45) is 0 Å². The van der Waals surface area contributed by atoms with Gasteiger partial charge in [-0.05, 0) is 55.0 Å². The fraction of sp³-hybridized carbons (Fsp3) is 0.368. The van der Waals surface area contributed by atoms with Crippen LogP contribution in [0.15, 0.2) is 36.4 Å². The molecule has 2 aromatic carbocycles. The van der Waals surface area contributed by atoms with Gasteiger partial charge in [-0.1, -0.05) is 35.9 Å². The number of aryl methyl sites for hydroxylation is 3. The van der Waals surface area contributed by atoms with E-state index in [0.29, 0.717) is 0 Å². The molecule has 21 heavy (non-hydrogen) atoms. The third-order valence-electron chi connectivity index (χ3n) is 4.25. The second-order valence-electron chi connectivity index (χ2n) is 5.96. The van der Waals surface area contributed by atoms with E-state index in [1.807, 2.05) is 0 Å². The van der Waals surface area contributed by atoms with Gasteiger partial charge in [0.15, 0.2) is 0 Å². The fourth-order valence-corrected chi connectivity index (χ4v) is 2.97. The van der Waals surface area contributed by atoms with Gasteiger partial charge in [0.1, 0.15) is 5.75 Å². The van der Waals surface area contributed by atoms with Crippen molar-refractivity contribution in [2.75, 3.05) is 6.61 Å². The minimum absolute atomic E-state index is 0.394. The van der Waals surface area contributed by atoms with Crippen LogP contribution in [0.3, 0.4) is 0 Å². The monoisotopic (exact) mass is 282 g/mol. The van der Waals surface area contributed by atoms with Gasteiger partial charge in [0, 0.05) is 6.42 Å². The summed E-state index contributed by atoms with van der Waals surface area (Å²) in [6.07, 6.45) is 2.25. The molecule has 1 aliphatic rings. The molecule has 0 amide bonds. The van der Waals surface area contributed by atoms with Crippen molar-refractivity contribution in [3.63, 3.8) is 0 Å². The Labute approximate surface area is 126 Å². The summed E-state index contributed by atoms with van der Waals surface area (Å²) in [5, 5.41) is 10.5. The Morgan fingerprint density at radius 3 is 2.86 bits per heavy atom. The van der Waals surface area contributed by atoms with Gasteiger partial charge in [-0.3, -0.25) is 0 Å². The van der Waals surface area contributed by atoms with Crippen molar-refractivity contribution >= 4 is 0 Å². The fourth-order valence-electron chi connectivity index (χ4n) is 2.97. The van der Waals surface area contributed by atoms with Crippen LogP contribution in [-0.2, 0) is 12.8 Å². The van der Waals surface area contributed by atoms with Crippen LogP contribution in [0, 0.1) is 13.8 Å². The minimum Gasteiger partial charge on any atom is -0.493 e. The molecular weight excluding hydrogens is 260 g/mol. The molecule has 110 valence electrons. The van der Waals surface area contributed by atoms with Gasteiger partial charge in [0.2, 0.25) is 0 Å². The Bertz CT molecular complexity index is 646. The first-order valence-electron chi connectivity index (χ1n) is 7.63. The van der Waals surface area contributed by atoms with Crippen molar-refractivity contribution in [3.8, 4) is 5.75 Å². The topological polar surface area (TPSA) is 29.5 Å². The number of ether oxygens (including phenoxy) is 1. The Morgan fingerprint density at radius 1 is 1.14 bits per heavy atom. The molecule has 0 spiro atoms. The molecule has 0 bridgehead atoms. The van der Waals surface area contributed by atoms with E-state index >= 15 is 0 Å².